The van der Waals surface area contributed by atoms with Gasteiger partial charge in [-0.25, -0.2) is 4.79 Å². The zero-order chi connectivity index (χ0) is 14.3. The van der Waals surface area contributed by atoms with E-state index in [0.717, 1.165) is 0 Å². The van der Waals surface area contributed by atoms with E-state index in [1.54, 1.807) is 31.2 Å². The smallest absolute Gasteiger partial charge is 0.325 e. The number of carbonyl (C=O) groups excluding carboxylic acids is 2. The molecule has 0 saturated heterocycles. The standard InChI is InChI=1S/C13H16N2O4/c1-9(8-12(17)18)7-11(16)15-13(19)14-10-5-3-2-4-6-10/h2-6,9H,7-8H2,1H3,(H,17,18)(H2,14,15,16,19). The maximum absolute atomic E-state index is 11.5. The molecule has 1 aromatic carbocycles. The lowest BCUT2D eigenvalue weighted by Gasteiger charge is -2.09. The molecule has 1 rings (SSSR count). The van der Waals surface area contributed by atoms with E-state index in [1.807, 2.05) is 6.07 Å². The fourth-order valence-electron chi connectivity index (χ4n) is 1.55. The molecule has 1 atom stereocenters. The first-order valence-electron chi connectivity index (χ1n) is 5.85. The summed E-state index contributed by atoms with van der Waals surface area (Å²) < 4.78 is 0. The maximum Gasteiger partial charge on any atom is 0.325 e. The van der Waals surface area contributed by atoms with Crippen LogP contribution in [0.2, 0.25) is 0 Å². The van der Waals surface area contributed by atoms with Gasteiger partial charge in [0.05, 0.1) is 0 Å². The molecule has 0 saturated carbocycles. The number of benzene rings is 1. The van der Waals surface area contributed by atoms with Crippen LogP contribution in [0.5, 0.6) is 0 Å². The highest BCUT2D eigenvalue weighted by Crippen LogP contribution is 2.07. The number of rotatable bonds is 5. The quantitative estimate of drug-likeness (QED) is 0.756. The zero-order valence-corrected chi connectivity index (χ0v) is 10.6. The van der Waals surface area contributed by atoms with Gasteiger partial charge in [-0.1, -0.05) is 25.1 Å². The molecule has 0 aromatic heterocycles. The first kappa shape index (κ1) is 14.7. The van der Waals surface area contributed by atoms with Crippen molar-refractivity contribution in [3.8, 4) is 0 Å². The first-order valence-corrected chi connectivity index (χ1v) is 5.85. The normalized spacial score (nSPS) is 11.4. The summed E-state index contributed by atoms with van der Waals surface area (Å²) in [4.78, 5) is 33.4. The van der Waals surface area contributed by atoms with Crippen molar-refractivity contribution in [3.05, 3.63) is 30.3 Å². The minimum atomic E-state index is -0.964. The SMILES string of the molecule is CC(CC(=O)O)CC(=O)NC(=O)Nc1ccccc1. The summed E-state index contributed by atoms with van der Waals surface area (Å²) in [6.45, 7) is 1.64. The van der Waals surface area contributed by atoms with Crippen LogP contribution in [0.15, 0.2) is 30.3 Å². The third kappa shape index (κ3) is 6.21. The number of para-hydroxylation sites is 1. The number of amides is 3. The third-order valence-electron chi connectivity index (χ3n) is 2.34. The van der Waals surface area contributed by atoms with E-state index in [-0.39, 0.29) is 18.8 Å². The molecule has 0 fully saturated rings. The van der Waals surface area contributed by atoms with Crippen LogP contribution in [0.1, 0.15) is 19.8 Å². The maximum atomic E-state index is 11.5. The van der Waals surface area contributed by atoms with Gasteiger partial charge in [0.15, 0.2) is 0 Å². The van der Waals surface area contributed by atoms with Crippen LogP contribution >= 0.6 is 0 Å². The van der Waals surface area contributed by atoms with Gasteiger partial charge in [-0.2, -0.15) is 0 Å². The van der Waals surface area contributed by atoms with Crippen LogP contribution < -0.4 is 10.6 Å². The Morgan fingerprint density at radius 2 is 1.79 bits per heavy atom. The number of carboxylic acid groups (broad SMARTS) is 1. The second-order valence-corrected chi connectivity index (χ2v) is 4.28. The zero-order valence-electron chi connectivity index (χ0n) is 10.6. The summed E-state index contributed by atoms with van der Waals surface area (Å²) in [7, 11) is 0. The summed E-state index contributed by atoms with van der Waals surface area (Å²) in [5.74, 6) is -1.78. The van der Waals surface area contributed by atoms with Gasteiger partial charge in [0.2, 0.25) is 5.91 Å². The fourth-order valence-corrected chi connectivity index (χ4v) is 1.55. The molecule has 19 heavy (non-hydrogen) atoms. The molecule has 3 N–H and O–H groups in total. The lowest BCUT2D eigenvalue weighted by Crippen LogP contribution is -2.35. The Kier molecular flexibility index (Phi) is 5.53. The van der Waals surface area contributed by atoms with Crippen molar-refractivity contribution in [3.63, 3.8) is 0 Å². The fraction of sp³-hybridized carbons (Fsp3) is 0.308. The highest BCUT2D eigenvalue weighted by molar-refractivity contribution is 6.01. The van der Waals surface area contributed by atoms with Gasteiger partial charge in [-0.05, 0) is 18.1 Å². The number of imide groups is 1. The van der Waals surface area contributed by atoms with E-state index in [1.165, 1.54) is 0 Å². The van der Waals surface area contributed by atoms with Crippen molar-refractivity contribution < 1.29 is 19.5 Å². The molecule has 0 aliphatic heterocycles. The van der Waals surface area contributed by atoms with Gasteiger partial charge in [0.1, 0.15) is 0 Å². The second kappa shape index (κ2) is 7.15. The molecule has 0 aliphatic carbocycles. The summed E-state index contributed by atoms with van der Waals surface area (Å²) in [5, 5.41) is 13.2. The number of aliphatic carboxylic acids is 1. The molecule has 102 valence electrons. The topological polar surface area (TPSA) is 95.5 Å². The van der Waals surface area contributed by atoms with Crippen LogP contribution in [0.4, 0.5) is 10.5 Å². The van der Waals surface area contributed by atoms with Crippen molar-refractivity contribution in [2.75, 3.05) is 5.32 Å². The number of hydrogen-bond donors (Lipinski definition) is 3. The molecular weight excluding hydrogens is 248 g/mol. The van der Waals surface area contributed by atoms with Crippen LogP contribution in [0.3, 0.4) is 0 Å². The van der Waals surface area contributed by atoms with Crippen molar-refractivity contribution in [2.24, 2.45) is 5.92 Å². The Hall–Kier alpha value is -2.37. The predicted octanol–water partition coefficient (Wildman–Crippen LogP) is 1.84. The van der Waals surface area contributed by atoms with E-state index >= 15 is 0 Å². The molecule has 0 bridgehead atoms. The summed E-state index contributed by atoms with van der Waals surface area (Å²) in [6, 6.07) is 8.08. The van der Waals surface area contributed by atoms with Gasteiger partial charge in [0.25, 0.3) is 0 Å². The van der Waals surface area contributed by atoms with Crippen molar-refractivity contribution >= 4 is 23.6 Å². The summed E-state index contributed by atoms with van der Waals surface area (Å²) >= 11 is 0. The molecular formula is C13H16N2O4. The van der Waals surface area contributed by atoms with E-state index in [0.29, 0.717) is 5.69 Å². The predicted molar refractivity (Wildman–Crippen MR) is 69.6 cm³/mol. The molecule has 0 spiro atoms. The number of anilines is 1. The molecule has 0 heterocycles. The lowest BCUT2D eigenvalue weighted by molar-refractivity contribution is -0.138. The summed E-state index contributed by atoms with van der Waals surface area (Å²) in [6.07, 6.45) is -0.109. The van der Waals surface area contributed by atoms with Crippen molar-refractivity contribution in [2.45, 2.75) is 19.8 Å². The number of carboxylic acids is 1. The lowest BCUT2D eigenvalue weighted by atomic mass is 10.0. The van der Waals surface area contributed by atoms with Crippen LogP contribution in [-0.2, 0) is 9.59 Å². The Morgan fingerprint density at radius 1 is 1.16 bits per heavy atom. The van der Waals surface area contributed by atoms with E-state index in [4.69, 9.17) is 5.11 Å². The number of urea groups is 1. The number of carbonyl (C=O) groups is 3. The molecule has 3 amide bonds. The van der Waals surface area contributed by atoms with E-state index in [2.05, 4.69) is 10.6 Å². The molecule has 0 radical (unpaired) electrons. The van der Waals surface area contributed by atoms with Crippen molar-refractivity contribution in [1.29, 1.82) is 0 Å². The molecule has 6 nitrogen and oxygen atoms in total. The summed E-state index contributed by atoms with van der Waals surface area (Å²) in [5.41, 5.74) is 0.575. The first-order chi connectivity index (χ1) is 8.97. The average molecular weight is 264 g/mol. The molecule has 1 aromatic rings. The molecule has 1 unspecified atom stereocenters. The van der Waals surface area contributed by atoms with Gasteiger partial charge in [-0.15, -0.1) is 0 Å². The van der Waals surface area contributed by atoms with Gasteiger partial charge in [0, 0.05) is 18.5 Å². The Morgan fingerprint density at radius 3 is 2.37 bits per heavy atom. The Labute approximate surface area is 110 Å². The highest BCUT2D eigenvalue weighted by Gasteiger charge is 2.14. The van der Waals surface area contributed by atoms with Gasteiger partial charge >= 0.3 is 12.0 Å². The largest absolute Gasteiger partial charge is 0.481 e. The minimum Gasteiger partial charge on any atom is -0.481 e. The number of nitrogens with one attached hydrogen (secondary N) is 2. The van der Waals surface area contributed by atoms with Crippen LogP contribution in [-0.4, -0.2) is 23.0 Å². The third-order valence-corrected chi connectivity index (χ3v) is 2.34. The van der Waals surface area contributed by atoms with Crippen LogP contribution in [0, 0.1) is 5.92 Å². The monoisotopic (exact) mass is 264 g/mol. The van der Waals surface area contributed by atoms with Crippen molar-refractivity contribution in [1.82, 2.24) is 5.32 Å². The van der Waals surface area contributed by atoms with Crippen LogP contribution in [0.25, 0.3) is 0 Å². The second-order valence-electron chi connectivity index (χ2n) is 4.28. The Balaban J connectivity index is 2.36. The van der Waals surface area contributed by atoms with Gasteiger partial charge in [-0.3, -0.25) is 14.9 Å². The molecule has 6 heteroatoms. The molecule has 0 aliphatic rings. The average Bonchev–Trinajstić information content (AvgIpc) is 2.28. The van der Waals surface area contributed by atoms with E-state index in [9.17, 15) is 14.4 Å². The number of hydrogen-bond acceptors (Lipinski definition) is 3. The Bertz CT molecular complexity index is 459. The highest BCUT2D eigenvalue weighted by atomic mass is 16.4. The minimum absolute atomic E-state index is 0.00545. The van der Waals surface area contributed by atoms with E-state index < -0.39 is 17.9 Å². The van der Waals surface area contributed by atoms with Gasteiger partial charge < -0.3 is 10.4 Å².